The van der Waals surface area contributed by atoms with Crippen molar-refractivity contribution in [3.05, 3.63) is 35.4 Å². The third-order valence-electron chi connectivity index (χ3n) is 4.73. The highest BCUT2D eigenvalue weighted by Gasteiger charge is 2.29. The molecule has 128 valence electrons. The molecular weight excluding hydrogens is 286 g/mol. The van der Waals surface area contributed by atoms with Crippen LogP contribution in [0.5, 0.6) is 0 Å². The Labute approximate surface area is 140 Å². The third-order valence-corrected chi connectivity index (χ3v) is 4.73. The number of hydrogen-bond donors (Lipinski definition) is 2. The molecule has 1 heterocycles. The lowest BCUT2D eigenvalue weighted by Crippen LogP contribution is -2.50. The standard InChI is InChI=1S/C19H31N3O/c1-14-7-9-15(10-8-14)16(22-11-5-6-12-22)13-21-18(23)17(20)19(2,3)4/h7-10,16-17H,5-6,11-13,20H2,1-4H3,(H,21,23)/t16?,17-/m1/s1. The Morgan fingerprint density at radius 3 is 2.30 bits per heavy atom. The van der Waals surface area contributed by atoms with Crippen LogP contribution in [0.15, 0.2) is 24.3 Å². The smallest absolute Gasteiger partial charge is 0.237 e. The van der Waals surface area contributed by atoms with E-state index in [0.29, 0.717) is 6.54 Å². The first kappa shape index (κ1) is 18.0. The average molecular weight is 317 g/mol. The van der Waals surface area contributed by atoms with E-state index in [-0.39, 0.29) is 17.4 Å². The first-order valence-electron chi connectivity index (χ1n) is 8.63. The fourth-order valence-corrected chi connectivity index (χ4v) is 3.00. The number of rotatable bonds is 5. The van der Waals surface area contributed by atoms with E-state index in [1.807, 2.05) is 20.8 Å². The molecule has 0 radical (unpaired) electrons. The minimum Gasteiger partial charge on any atom is -0.353 e. The largest absolute Gasteiger partial charge is 0.353 e. The number of nitrogens with zero attached hydrogens (tertiary/aromatic N) is 1. The van der Waals surface area contributed by atoms with Gasteiger partial charge in [-0.05, 0) is 43.8 Å². The number of carbonyl (C=O) groups excluding carboxylic acids is 1. The van der Waals surface area contributed by atoms with Crippen molar-refractivity contribution in [2.75, 3.05) is 19.6 Å². The summed E-state index contributed by atoms with van der Waals surface area (Å²) in [6.45, 7) is 10.9. The molecule has 1 aliphatic heterocycles. The molecule has 0 saturated carbocycles. The lowest BCUT2D eigenvalue weighted by atomic mass is 9.87. The van der Waals surface area contributed by atoms with E-state index in [0.717, 1.165) is 13.1 Å². The molecule has 2 rings (SSSR count). The van der Waals surface area contributed by atoms with Crippen LogP contribution in [-0.2, 0) is 4.79 Å². The van der Waals surface area contributed by atoms with E-state index >= 15 is 0 Å². The Bertz CT molecular complexity index is 512. The van der Waals surface area contributed by atoms with E-state index in [9.17, 15) is 4.79 Å². The first-order valence-corrected chi connectivity index (χ1v) is 8.63. The highest BCUT2D eigenvalue weighted by molar-refractivity contribution is 5.82. The summed E-state index contributed by atoms with van der Waals surface area (Å²) >= 11 is 0. The zero-order valence-corrected chi connectivity index (χ0v) is 14.9. The van der Waals surface area contributed by atoms with E-state index in [1.54, 1.807) is 0 Å². The van der Waals surface area contributed by atoms with Crippen molar-refractivity contribution in [1.82, 2.24) is 10.2 Å². The highest BCUT2D eigenvalue weighted by atomic mass is 16.2. The van der Waals surface area contributed by atoms with E-state index in [2.05, 4.69) is 41.4 Å². The minimum absolute atomic E-state index is 0.0613. The van der Waals surface area contributed by atoms with Gasteiger partial charge >= 0.3 is 0 Å². The number of hydrogen-bond acceptors (Lipinski definition) is 3. The summed E-state index contributed by atoms with van der Waals surface area (Å²) in [5.41, 5.74) is 8.36. The molecule has 1 aromatic carbocycles. The third kappa shape index (κ3) is 4.79. The molecule has 0 spiro atoms. The normalized spacial score (nSPS) is 18.7. The SMILES string of the molecule is Cc1ccc(C(CNC(=O)[C@@H](N)C(C)(C)C)N2CCCC2)cc1. The van der Waals surface area contributed by atoms with Gasteiger partial charge in [-0.15, -0.1) is 0 Å². The van der Waals surface area contributed by atoms with Gasteiger partial charge in [-0.1, -0.05) is 50.6 Å². The maximum atomic E-state index is 12.3. The van der Waals surface area contributed by atoms with Crippen molar-refractivity contribution >= 4 is 5.91 Å². The molecule has 1 amide bonds. The average Bonchev–Trinajstić information content (AvgIpc) is 3.01. The molecule has 4 heteroatoms. The molecule has 0 aliphatic carbocycles. The predicted octanol–water partition coefficient (Wildman–Crippen LogP) is 2.62. The van der Waals surface area contributed by atoms with Gasteiger partial charge in [0.25, 0.3) is 0 Å². The van der Waals surface area contributed by atoms with Crippen LogP contribution in [0.1, 0.15) is 50.8 Å². The number of nitrogens with two attached hydrogens (primary N) is 1. The maximum Gasteiger partial charge on any atom is 0.237 e. The van der Waals surface area contributed by atoms with E-state index < -0.39 is 6.04 Å². The van der Waals surface area contributed by atoms with Crippen LogP contribution in [-0.4, -0.2) is 36.5 Å². The zero-order valence-electron chi connectivity index (χ0n) is 14.9. The second-order valence-corrected chi connectivity index (χ2v) is 7.76. The lowest BCUT2D eigenvalue weighted by Gasteiger charge is -2.30. The molecule has 4 nitrogen and oxygen atoms in total. The highest BCUT2D eigenvalue weighted by Crippen LogP contribution is 2.25. The quantitative estimate of drug-likeness (QED) is 0.877. The molecule has 1 unspecified atom stereocenters. The molecule has 1 aliphatic rings. The summed E-state index contributed by atoms with van der Waals surface area (Å²) in [4.78, 5) is 14.8. The van der Waals surface area contributed by atoms with Gasteiger partial charge in [-0.25, -0.2) is 0 Å². The fraction of sp³-hybridized carbons (Fsp3) is 0.632. The number of aryl methyl sites for hydroxylation is 1. The Morgan fingerprint density at radius 2 is 1.78 bits per heavy atom. The van der Waals surface area contributed by atoms with Crippen LogP contribution < -0.4 is 11.1 Å². The van der Waals surface area contributed by atoms with Crippen molar-refractivity contribution in [3.8, 4) is 0 Å². The summed E-state index contributed by atoms with van der Waals surface area (Å²) in [5, 5.41) is 3.07. The van der Waals surface area contributed by atoms with Crippen molar-refractivity contribution in [1.29, 1.82) is 0 Å². The van der Waals surface area contributed by atoms with Gasteiger partial charge in [0.1, 0.15) is 0 Å². The Hall–Kier alpha value is -1.39. The van der Waals surface area contributed by atoms with Crippen molar-refractivity contribution in [3.63, 3.8) is 0 Å². The van der Waals surface area contributed by atoms with Crippen LogP contribution >= 0.6 is 0 Å². The van der Waals surface area contributed by atoms with Crippen molar-refractivity contribution in [2.24, 2.45) is 11.1 Å². The molecule has 23 heavy (non-hydrogen) atoms. The molecule has 1 saturated heterocycles. The summed E-state index contributed by atoms with van der Waals surface area (Å²) < 4.78 is 0. The fourth-order valence-electron chi connectivity index (χ4n) is 3.00. The molecular formula is C19H31N3O. The molecule has 0 bridgehead atoms. The Balaban J connectivity index is 2.06. The molecule has 0 aromatic heterocycles. The molecule has 1 fully saturated rings. The number of benzene rings is 1. The van der Waals surface area contributed by atoms with E-state index in [1.165, 1.54) is 24.0 Å². The predicted molar refractivity (Wildman–Crippen MR) is 95.2 cm³/mol. The number of likely N-dealkylation sites (tertiary alicyclic amines) is 1. The van der Waals surface area contributed by atoms with Gasteiger partial charge in [-0.3, -0.25) is 9.69 Å². The zero-order chi connectivity index (χ0) is 17.0. The van der Waals surface area contributed by atoms with Crippen LogP contribution in [0.2, 0.25) is 0 Å². The van der Waals surface area contributed by atoms with Crippen LogP contribution in [0.25, 0.3) is 0 Å². The molecule has 2 atom stereocenters. The lowest BCUT2D eigenvalue weighted by molar-refractivity contribution is -0.124. The number of nitrogens with one attached hydrogen (secondary N) is 1. The van der Waals surface area contributed by atoms with Gasteiger partial charge in [0.15, 0.2) is 0 Å². The summed E-state index contributed by atoms with van der Waals surface area (Å²) in [6.07, 6.45) is 2.47. The van der Waals surface area contributed by atoms with Crippen LogP contribution in [0, 0.1) is 12.3 Å². The van der Waals surface area contributed by atoms with Crippen LogP contribution in [0.4, 0.5) is 0 Å². The summed E-state index contributed by atoms with van der Waals surface area (Å²) in [5.74, 6) is -0.0613. The van der Waals surface area contributed by atoms with Gasteiger partial charge in [-0.2, -0.15) is 0 Å². The molecule has 1 aromatic rings. The number of carbonyl (C=O) groups is 1. The molecule has 3 N–H and O–H groups in total. The maximum absolute atomic E-state index is 12.3. The second kappa shape index (κ2) is 7.45. The van der Waals surface area contributed by atoms with E-state index in [4.69, 9.17) is 5.73 Å². The van der Waals surface area contributed by atoms with Crippen LogP contribution in [0.3, 0.4) is 0 Å². The summed E-state index contributed by atoms with van der Waals surface area (Å²) in [7, 11) is 0. The number of amides is 1. The van der Waals surface area contributed by atoms with Gasteiger partial charge < -0.3 is 11.1 Å². The van der Waals surface area contributed by atoms with Gasteiger partial charge in [0.05, 0.1) is 12.1 Å². The first-order chi connectivity index (χ1) is 10.8. The second-order valence-electron chi connectivity index (χ2n) is 7.76. The Morgan fingerprint density at radius 1 is 1.22 bits per heavy atom. The summed E-state index contributed by atoms with van der Waals surface area (Å²) in [6, 6.07) is 8.37. The topological polar surface area (TPSA) is 58.4 Å². The minimum atomic E-state index is -0.486. The van der Waals surface area contributed by atoms with Gasteiger partial charge in [0.2, 0.25) is 5.91 Å². The van der Waals surface area contributed by atoms with Crippen molar-refractivity contribution in [2.45, 2.75) is 52.6 Å². The van der Waals surface area contributed by atoms with Gasteiger partial charge in [0, 0.05) is 6.54 Å². The van der Waals surface area contributed by atoms with Crippen molar-refractivity contribution < 1.29 is 4.79 Å². The Kier molecular flexibility index (Phi) is 5.82. The monoisotopic (exact) mass is 317 g/mol.